The molecule has 1 aromatic heterocycles. The lowest BCUT2D eigenvalue weighted by Crippen LogP contribution is -2.18. The molecule has 0 atom stereocenters. The fourth-order valence-electron chi connectivity index (χ4n) is 2.14. The Bertz CT molecular complexity index is 693. The number of hydrogen-bond acceptors (Lipinski definition) is 5. The predicted molar refractivity (Wildman–Crippen MR) is 83.7 cm³/mol. The molecule has 0 saturated carbocycles. The number of aliphatic imine (C=N–C) groups is 1. The number of fused-ring (bicyclic) bond motifs is 1. The maximum Gasteiger partial charge on any atom is 0.411 e. The number of carbonyl (C=O) groups excluding carboxylic acids is 1. The first kappa shape index (κ1) is 13.8. The van der Waals surface area contributed by atoms with Gasteiger partial charge in [0.1, 0.15) is 0 Å². The summed E-state index contributed by atoms with van der Waals surface area (Å²) in [4.78, 5) is 20.5. The monoisotopic (exact) mass is 301 g/mol. The van der Waals surface area contributed by atoms with E-state index in [1.807, 2.05) is 37.4 Å². The van der Waals surface area contributed by atoms with Gasteiger partial charge in [-0.25, -0.2) is 9.78 Å². The van der Waals surface area contributed by atoms with Crippen molar-refractivity contribution in [2.75, 3.05) is 5.32 Å². The summed E-state index contributed by atoms with van der Waals surface area (Å²) in [6, 6.07) is 5.66. The van der Waals surface area contributed by atoms with Crippen LogP contribution in [0, 0.1) is 0 Å². The van der Waals surface area contributed by atoms with Crippen LogP contribution in [0.25, 0.3) is 0 Å². The van der Waals surface area contributed by atoms with Gasteiger partial charge in [-0.15, -0.1) is 11.3 Å². The van der Waals surface area contributed by atoms with Crippen LogP contribution >= 0.6 is 11.3 Å². The van der Waals surface area contributed by atoms with E-state index in [-0.39, 0.29) is 6.10 Å². The van der Waals surface area contributed by atoms with Gasteiger partial charge in [0.05, 0.1) is 28.7 Å². The number of amides is 1. The van der Waals surface area contributed by atoms with E-state index in [9.17, 15) is 4.79 Å². The van der Waals surface area contributed by atoms with Crippen molar-refractivity contribution >= 4 is 34.5 Å². The van der Waals surface area contributed by atoms with Gasteiger partial charge in [-0.05, 0) is 37.6 Å². The highest BCUT2D eigenvalue weighted by Crippen LogP contribution is 2.31. The van der Waals surface area contributed by atoms with Crippen molar-refractivity contribution in [3.8, 4) is 0 Å². The van der Waals surface area contributed by atoms with Crippen molar-refractivity contribution in [3.05, 3.63) is 40.3 Å². The summed E-state index contributed by atoms with van der Waals surface area (Å²) < 4.78 is 5.07. The van der Waals surface area contributed by atoms with E-state index >= 15 is 0 Å². The number of nitrogens with zero attached hydrogens (tertiary/aromatic N) is 2. The highest BCUT2D eigenvalue weighted by Gasteiger charge is 2.18. The predicted octanol–water partition coefficient (Wildman–Crippen LogP) is 3.78. The van der Waals surface area contributed by atoms with Gasteiger partial charge >= 0.3 is 6.09 Å². The number of rotatable bonds is 3. The summed E-state index contributed by atoms with van der Waals surface area (Å²) >= 11 is 1.56. The van der Waals surface area contributed by atoms with E-state index in [1.54, 1.807) is 16.8 Å². The molecule has 6 heteroatoms. The molecule has 0 radical (unpaired) electrons. The first-order valence-electron chi connectivity index (χ1n) is 6.68. The zero-order valence-electron chi connectivity index (χ0n) is 11.8. The normalized spacial score (nSPS) is 13.0. The van der Waals surface area contributed by atoms with E-state index in [2.05, 4.69) is 15.3 Å². The maximum atomic E-state index is 11.6. The van der Waals surface area contributed by atoms with Gasteiger partial charge in [0.2, 0.25) is 0 Å². The third-order valence-electron chi connectivity index (χ3n) is 3.01. The first-order chi connectivity index (χ1) is 10.1. The summed E-state index contributed by atoms with van der Waals surface area (Å²) in [6.45, 7) is 3.63. The van der Waals surface area contributed by atoms with Crippen LogP contribution in [0.3, 0.4) is 0 Å². The van der Waals surface area contributed by atoms with Crippen LogP contribution in [-0.4, -0.2) is 22.9 Å². The third kappa shape index (κ3) is 3.11. The smallest absolute Gasteiger partial charge is 0.411 e. The molecule has 1 N–H and O–H groups in total. The second-order valence-corrected chi connectivity index (χ2v) is 5.75. The Balaban J connectivity index is 1.73. The van der Waals surface area contributed by atoms with E-state index in [4.69, 9.17) is 4.74 Å². The van der Waals surface area contributed by atoms with Gasteiger partial charge < -0.3 is 4.74 Å². The van der Waals surface area contributed by atoms with Gasteiger partial charge in [-0.3, -0.25) is 10.3 Å². The molecule has 1 aliphatic heterocycles. The molecule has 1 aliphatic rings. The largest absolute Gasteiger partial charge is 0.447 e. The van der Waals surface area contributed by atoms with Gasteiger partial charge in [-0.1, -0.05) is 0 Å². The van der Waals surface area contributed by atoms with Gasteiger partial charge in [0.15, 0.2) is 0 Å². The third-order valence-corrected chi connectivity index (χ3v) is 3.60. The van der Waals surface area contributed by atoms with Crippen molar-refractivity contribution in [1.29, 1.82) is 0 Å². The first-order valence-corrected chi connectivity index (χ1v) is 7.63. The molecular formula is C15H15N3O2S. The SMILES string of the molecule is CC(C)OC(=O)Nc1ccc2c(c1)CC(c1cscn1)=N2. The molecule has 2 heterocycles. The second-order valence-electron chi connectivity index (χ2n) is 5.03. The topological polar surface area (TPSA) is 63.6 Å². The van der Waals surface area contributed by atoms with Crippen LogP contribution in [0.5, 0.6) is 0 Å². The van der Waals surface area contributed by atoms with Crippen molar-refractivity contribution in [3.63, 3.8) is 0 Å². The molecule has 21 heavy (non-hydrogen) atoms. The number of nitrogens with one attached hydrogen (secondary N) is 1. The van der Waals surface area contributed by atoms with Crippen molar-refractivity contribution in [2.24, 2.45) is 4.99 Å². The molecule has 1 amide bonds. The van der Waals surface area contributed by atoms with Crippen LogP contribution in [0.1, 0.15) is 25.1 Å². The lowest BCUT2D eigenvalue weighted by Gasteiger charge is -2.10. The average molecular weight is 301 g/mol. The molecule has 0 bridgehead atoms. The number of benzene rings is 1. The second kappa shape index (κ2) is 5.65. The summed E-state index contributed by atoms with van der Waals surface area (Å²) in [5.74, 6) is 0. The van der Waals surface area contributed by atoms with Crippen LogP contribution in [0.2, 0.25) is 0 Å². The van der Waals surface area contributed by atoms with Crippen molar-refractivity contribution < 1.29 is 9.53 Å². The Morgan fingerprint density at radius 2 is 2.29 bits per heavy atom. The zero-order valence-corrected chi connectivity index (χ0v) is 12.6. The molecule has 1 aromatic carbocycles. The van der Waals surface area contributed by atoms with Gasteiger partial charge in [0.25, 0.3) is 0 Å². The van der Waals surface area contributed by atoms with E-state index in [0.717, 1.165) is 29.1 Å². The maximum absolute atomic E-state index is 11.6. The quantitative estimate of drug-likeness (QED) is 0.938. The van der Waals surface area contributed by atoms with Crippen molar-refractivity contribution in [2.45, 2.75) is 26.4 Å². The fraction of sp³-hybridized carbons (Fsp3) is 0.267. The molecular weight excluding hydrogens is 286 g/mol. The van der Waals surface area contributed by atoms with E-state index in [1.165, 1.54) is 0 Å². The summed E-state index contributed by atoms with van der Waals surface area (Å²) in [6.07, 6.45) is 0.149. The molecule has 0 fully saturated rings. The highest BCUT2D eigenvalue weighted by molar-refractivity contribution is 7.07. The highest BCUT2D eigenvalue weighted by atomic mass is 32.1. The minimum atomic E-state index is -0.441. The number of anilines is 1. The van der Waals surface area contributed by atoms with Crippen LogP contribution in [0.4, 0.5) is 16.2 Å². The summed E-state index contributed by atoms with van der Waals surface area (Å²) in [5, 5.41) is 4.72. The standard InChI is InChI=1S/C15H15N3O2S/c1-9(2)20-15(19)17-11-3-4-12-10(5-11)6-13(18-12)14-7-21-8-16-14/h3-5,7-9H,6H2,1-2H3,(H,17,19). The Hall–Kier alpha value is -2.21. The summed E-state index contributed by atoms with van der Waals surface area (Å²) in [7, 11) is 0. The average Bonchev–Trinajstić information content (AvgIpc) is 3.05. The Kier molecular flexibility index (Phi) is 3.70. The van der Waals surface area contributed by atoms with Gasteiger partial charge in [0, 0.05) is 17.5 Å². The minimum Gasteiger partial charge on any atom is -0.447 e. The van der Waals surface area contributed by atoms with Gasteiger partial charge in [-0.2, -0.15) is 0 Å². The summed E-state index contributed by atoms with van der Waals surface area (Å²) in [5.41, 5.74) is 6.42. The number of thiazole rings is 1. The number of carbonyl (C=O) groups is 1. The lowest BCUT2D eigenvalue weighted by atomic mass is 10.1. The van der Waals surface area contributed by atoms with Crippen LogP contribution in [-0.2, 0) is 11.2 Å². The van der Waals surface area contributed by atoms with Crippen LogP contribution in [0.15, 0.2) is 34.1 Å². The van der Waals surface area contributed by atoms with E-state index in [0.29, 0.717) is 5.69 Å². The Morgan fingerprint density at radius 1 is 1.43 bits per heavy atom. The van der Waals surface area contributed by atoms with Crippen LogP contribution < -0.4 is 5.32 Å². The molecule has 2 aromatic rings. The lowest BCUT2D eigenvalue weighted by molar-refractivity contribution is 0.130. The number of ether oxygens (including phenoxy) is 1. The minimum absolute atomic E-state index is 0.140. The zero-order chi connectivity index (χ0) is 14.8. The molecule has 0 unspecified atom stereocenters. The Labute approximate surface area is 126 Å². The number of hydrogen-bond donors (Lipinski definition) is 1. The number of aromatic nitrogens is 1. The van der Waals surface area contributed by atoms with E-state index < -0.39 is 6.09 Å². The molecule has 0 spiro atoms. The molecule has 108 valence electrons. The molecule has 0 saturated heterocycles. The fourth-order valence-corrected chi connectivity index (χ4v) is 2.70. The Morgan fingerprint density at radius 3 is 3.00 bits per heavy atom. The molecule has 5 nitrogen and oxygen atoms in total. The molecule has 0 aliphatic carbocycles. The molecule has 3 rings (SSSR count). The van der Waals surface area contributed by atoms with Crippen molar-refractivity contribution in [1.82, 2.24) is 4.98 Å².